The maximum absolute atomic E-state index is 13.2. The number of carbonyl (C=O) groups excluding carboxylic acids is 1. The number of ketones is 1. The number of methoxy groups -OCH3 is 1. The van der Waals surface area contributed by atoms with Gasteiger partial charge in [0.25, 0.3) is 0 Å². The zero-order valence-electron chi connectivity index (χ0n) is 21.2. The molecule has 4 rings (SSSR count). The van der Waals surface area contributed by atoms with Gasteiger partial charge in [0.1, 0.15) is 5.75 Å². The summed E-state index contributed by atoms with van der Waals surface area (Å²) in [6.45, 7) is 4.76. The molecule has 1 aliphatic rings. The lowest BCUT2D eigenvalue weighted by Gasteiger charge is -2.34. The van der Waals surface area contributed by atoms with Crippen LogP contribution in [0.2, 0.25) is 0 Å². The average molecular weight is 470 g/mol. The predicted molar refractivity (Wildman–Crippen MR) is 145 cm³/mol. The Morgan fingerprint density at radius 1 is 0.943 bits per heavy atom. The SMILES string of the molecule is COc1ccc(C(=O)C=Cc2cc(-c3ccccc3)cc(N3CCN(C)CC3)c2)c(CN(C)C)c1. The summed E-state index contributed by atoms with van der Waals surface area (Å²) in [4.78, 5) is 20.1. The van der Waals surface area contributed by atoms with Crippen molar-refractivity contribution in [3.05, 3.63) is 89.5 Å². The summed E-state index contributed by atoms with van der Waals surface area (Å²) in [6, 6.07) is 22.7. The van der Waals surface area contributed by atoms with Crippen LogP contribution in [0.25, 0.3) is 17.2 Å². The Bertz CT molecular complexity index is 1180. The smallest absolute Gasteiger partial charge is 0.186 e. The van der Waals surface area contributed by atoms with Gasteiger partial charge in [0.05, 0.1) is 7.11 Å². The zero-order valence-corrected chi connectivity index (χ0v) is 21.2. The molecular formula is C30H35N3O2. The molecule has 5 nitrogen and oxygen atoms in total. The summed E-state index contributed by atoms with van der Waals surface area (Å²) in [7, 11) is 7.81. The van der Waals surface area contributed by atoms with Crippen molar-refractivity contribution in [1.82, 2.24) is 9.80 Å². The molecule has 0 N–H and O–H groups in total. The summed E-state index contributed by atoms with van der Waals surface area (Å²) in [5.74, 6) is 0.755. The molecule has 0 radical (unpaired) electrons. The second-order valence-corrected chi connectivity index (χ2v) is 9.43. The molecule has 1 aliphatic heterocycles. The Morgan fingerprint density at radius 2 is 1.69 bits per heavy atom. The number of hydrogen-bond donors (Lipinski definition) is 0. The van der Waals surface area contributed by atoms with Crippen LogP contribution in [0.5, 0.6) is 5.75 Å². The van der Waals surface area contributed by atoms with Crippen LogP contribution in [0, 0.1) is 0 Å². The van der Waals surface area contributed by atoms with Gasteiger partial charge in [-0.15, -0.1) is 0 Å². The van der Waals surface area contributed by atoms with Crippen LogP contribution in [-0.4, -0.2) is 70.0 Å². The molecule has 0 unspecified atom stereocenters. The first-order valence-corrected chi connectivity index (χ1v) is 12.1. The number of piperazine rings is 1. The Labute approximate surface area is 209 Å². The van der Waals surface area contributed by atoms with E-state index < -0.39 is 0 Å². The summed E-state index contributed by atoms with van der Waals surface area (Å²) in [5.41, 5.74) is 6.22. The number of allylic oxidation sites excluding steroid dienone is 1. The van der Waals surface area contributed by atoms with Crippen LogP contribution in [0.15, 0.2) is 72.8 Å². The van der Waals surface area contributed by atoms with Crippen LogP contribution in [0.1, 0.15) is 21.5 Å². The largest absolute Gasteiger partial charge is 0.497 e. The van der Waals surface area contributed by atoms with Gasteiger partial charge in [-0.3, -0.25) is 4.79 Å². The van der Waals surface area contributed by atoms with E-state index in [-0.39, 0.29) is 5.78 Å². The lowest BCUT2D eigenvalue weighted by Crippen LogP contribution is -2.44. The summed E-state index contributed by atoms with van der Waals surface area (Å²) < 4.78 is 5.38. The minimum Gasteiger partial charge on any atom is -0.497 e. The molecule has 1 fully saturated rings. The highest BCUT2D eigenvalue weighted by molar-refractivity contribution is 6.08. The first-order valence-electron chi connectivity index (χ1n) is 12.1. The van der Waals surface area contributed by atoms with Gasteiger partial charge in [-0.1, -0.05) is 36.4 Å². The Morgan fingerprint density at radius 3 is 2.37 bits per heavy atom. The normalized spacial score (nSPS) is 14.6. The van der Waals surface area contributed by atoms with Crippen LogP contribution in [-0.2, 0) is 6.54 Å². The molecule has 1 heterocycles. The third-order valence-electron chi connectivity index (χ3n) is 6.41. The Kier molecular flexibility index (Phi) is 8.01. The molecule has 0 saturated carbocycles. The van der Waals surface area contributed by atoms with Gasteiger partial charge in [-0.2, -0.15) is 0 Å². The highest BCUT2D eigenvalue weighted by atomic mass is 16.5. The molecule has 5 heteroatoms. The molecule has 0 amide bonds. The van der Waals surface area contributed by atoms with Gasteiger partial charge in [-0.05, 0) is 85.9 Å². The summed E-state index contributed by atoms with van der Waals surface area (Å²) >= 11 is 0. The van der Waals surface area contributed by atoms with Crippen LogP contribution in [0.4, 0.5) is 5.69 Å². The first kappa shape index (κ1) is 24.7. The second-order valence-electron chi connectivity index (χ2n) is 9.43. The second kappa shape index (κ2) is 11.3. The Hall–Kier alpha value is -3.41. The quantitative estimate of drug-likeness (QED) is 0.340. The molecule has 0 aliphatic carbocycles. The van der Waals surface area contributed by atoms with Gasteiger partial charge in [-0.25, -0.2) is 0 Å². The van der Waals surface area contributed by atoms with Crippen molar-refractivity contribution in [1.29, 1.82) is 0 Å². The van der Waals surface area contributed by atoms with Crippen molar-refractivity contribution in [2.45, 2.75) is 6.54 Å². The highest BCUT2D eigenvalue weighted by Gasteiger charge is 2.16. The van der Waals surface area contributed by atoms with E-state index in [2.05, 4.69) is 64.2 Å². The highest BCUT2D eigenvalue weighted by Crippen LogP contribution is 2.29. The van der Waals surface area contributed by atoms with E-state index in [1.807, 2.05) is 44.4 Å². The number of nitrogens with zero attached hydrogens (tertiary/aromatic N) is 3. The van der Waals surface area contributed by atoms with E-state index in [0.717, 1.165) is 48.6 Å². The first-order chi connectivity index (χ1) is 16.9. The van der Waals surface area contributed by atoms with E-state index in [4.69, 9.17) is 4.74 Å². The number of likely N-dealkylation sites (N-methyl/N-ethyl adjacent to an activating group) is 1. The predicted octanol–water partition coefficient (Wildman–Crippen LogP) is 5.07. The maximum atomic E-state index is 13.2. The molecule has 3 aromatic carbocycles. The van der Waals surface area contributed by atoms with Crippen molar-refractivity contribution in [2.75, 3.05) is 59.3 Å². The third-order valence-corrected chi connectivity index (χ3v) is 6.41. The number of ether oxygens (including phenoxy) is 1. The number of rotatable bonds is 8. The number of anilines is 1. The molecule has 0 atom stereocenters. The lowest BCUT2D eigenvalue weighted by molar-refractivity contribution is 0.104. The topological polar surface area (TPSA) is 36.0 Å². The van der Waals surface area contributed by atoms with E-state index in [0.29, 0.717) is 12.1 Å². The monoisotopic (exact) mass is 469 g/mol. The van der Waals surface area contributed by atoms with E-state index in [9.17, 15) is 4.79 Å². The van der Waals surface area contributed by atoms with Crippen LogP contribution < -0.4 is 9.64 Å². The fraction of sp³-hybridized carbons (Fsp3) is 0.300. The Balaban J connectivity index is 1.66. The van der Waals surface area contributed by atoms with E-state index in [1.54, 1.807) is 13.2 Å². The van der Waals surface area contributed by atoms with Gasteiger partial charge < -0.3 is 19.4 Å². The average Bonchev–Trinajstić information content (AvgIpc) is 2.87. The van der Waals surface area contributed by atoms with E-state index >= 15 is 0 Å². The molecule has 0 aromatic heterocycles. The van der Waals surface area contributed by atoms with Gasteiger partial charge in [0.2, 0.25) is 0 Å². The standard InChI is InChI=1S/C30H35N3O2/c1-31(2)22-26-21-28(35-4)11-12-29(26)30(34)13-10-23-18-25(24-8-6-5-7-9-24)20-27(19-23)33-16-14-32(3)15-17-33/h5-13,18-21H,14-17,22H2,1-4H3. The van der Waals surface area contributed by atoms with Crippen molar-refractivity contribution in [3.8, 4) is 16.9 Å². The van der Waals surface area contributed by atoms with Crippen molar-refractivity contribution in [2.24, 2.45) is 0 Å². The number of carbonyl (C=O) groups is 1. The summed E-state index contributed by atoms with van der Waals surface area (Å²) in [5, 5.41) is 0. The number of hydrogen-bond acceptors (Lipinski definition) is 5. The van der Waals surface area contributed by atoms with Gasteiger partial charge in [0.15, 0.2) is 5.78 Å². The zero-order chi connectivity index (χ0) is 24.8. The molecule has 35 heavy (non-hydrogen) atoms. The third kappa shape index (κ3) is 6.38. The van der Waals surface area contributed by atoms with Crippen LogP contribution >= 0.6 is 0 Å². The fourth-order valence-electron chi connectivity index (χ4n) is 4.45. The van der Waals surface area contributed by atoms with E-state index in [1.165, 1.54) is 11.3 Å². The van der Waals surface area contributed by atoms with Crippen molar-refractivity contribution >= 4 is 17.5 Å². The number of benzene rings is 3. The minimum absolute atomic E-state index is 0.00392. The molecule has 0 spiro atoms. The maximum Gasteiger partial charge on any atom is 0.186 e. The lowest BCUT2D eigenvalue weighted by atomic mass is 9.99. The molecular weight excluding hydrogens is 434 g/mol. The van der Waals surface area contributed by atoms with Crippen molar-refractivity contribution in [3.63, 3.8) is 0 Å². The molecule has 1 saturated heterocycles. The minimum atomic E-state index is -0.00392. The molecule has 0 bridgehead atoms. The molecule has 182 valence electrons. The van der Waals surface area contributed by atoms with Gasteiger partial charge in [0, 0.05) is 44.0 Å². The fourth-order valence-corrected chi connectivity index (χ4v) is 4.45. The molecule has 3 aromatic rings. The van der Waals surface area contributed by atoms with Gasteiger partial charge >= 0.3 is 0 Å². The van der Waals surface area contributed by atoms with Crippen molar-refractivity contribution < 1.29 is 9.53 Å². The van der Waals surface area contributed by atoms with Crippen LogP contribution in [0.3, 0.4) is 0 Å². The summed E-state index contributed by atoms with van der Waals surface area (Å²) in [6.07, 6.45) is 3.64.